The van der Waals surface area contributed by atoms with E-state index in [1.807, 2.05) is 32.0 Å². The van der Waals surface area contributed by atoms with E-state index in [0.29, 0.717) is 18.0 Å². The molecule has 0 heterocycles. The third-order valence-corrected chi connectivity index (χ3v) is 3.56. The molecular formula is C16H26N2O3. The van der Waals surface area contributed by atoms with E-state index in [1.54, 1.807) is 14.2 Å². The van der Waals surface area contributed by atoms with Crippen molar-refractivity contribution >= 4 is 5.91 Å². The van der Waals surface area contributed by atoms with E-state index in [9.17, 15) is 4.79 Å². The van der Waals surface area contributed by atoms with Gasteiger partial charge in [-0.3, -0.25) is 4.79 Å². The van der Waals surface area contributed by atoms with Crippen LogP contribution in [0, 0.1) is 5.92 Å². The first-order chi connectivity index (χ1) is 10.0. The number of hydrogen-bond donors (Lipinski definition) is 2. The number of carbonyl (C=O) groups is 1. The second-order valence-electron chi connectivity index (χ2n) is 5.18. The van der Waals surface area contributed by atoms with Crippen molar-refractivity contribution in [3.05, 3.63) is 23.8 Å². The van der Waals surface area contributed by atoms with Gasteiger partial charge in [-0.2, -0.15) is 0 Å². The minimum absolute atomic E-state index is 0.0313. The molecule has 1 amide bonds. The molecule has 0 saturated heterocycles. The van der Waals surface area contributed by atoms with Crippen LogP contribution in [0.25, 0.3) is 0 Å². The molecule has 2 unspecified atom stereocenters. The molecule has 3 N–H and O–H groups in total. The van der Waals surface area contributed by atoms with E-state index in [0.717, 1.165) is 18.4 Å². The number of nitrogens with two attached hydrogens (primary N) is 1. The van der Waals surface area contributed by atoms with Crippen molar-refractivity contribution in [1.82, 2.24) is 5.32 Å². The monoisotopic (exact) mass is 294 g/mol. The Balaban J connectivity index is 2.70. The molecule has 5 nitrogen and oxygen atoms in total. The molecule has 0 aliphatic rings. The summed E-state index contributed by atoms with van der Waals surface area (Å²) >= 11 is 0. The summed E-state index contributed by atoms with van der Waals surface area (Å²) in [5, 5.41) is 3.02. The van der Waals surface area contributed by atoms with Gasteiger partial charge in [0.05, 0.1) is 20.3 Å². The standard InChI is InChI=1S/C16H26N2O3/c1-11(6-5-9-17)16(19)18-12(2)13-7-8-14(20-3)15(10-13)21-4/h7-8,10-12H,5-6,9,17H2,1-4H3,(H,18,19). The molecule has 1 rings (SSSR count). The molecule has 5 heteroatoms. The Bertz CT molecular complexity index is 463. The summed E-state index contributed by atoms with van der Waals surface area (Å²) in [6.45, 7) is 4.49. The third kappa shape index (κ3) is 4.93. The number of rotatable bonds is 8. The van der Waals surface area contributed by atoms with Gasteiger partial charge in [0.15, 0.2) is 11.5 Å². The third-order valence-electron chi connectivity index (χ3n) is 3.56. The van der Waals surface area contributed by atoms with Crippen molar-refractivity contribution in [3.63, 3.8) is 0 Å². The topological polar surface area (TPSA) is 73.6 Å². The maximum absolute atomic E-state index is 12.1. The first-order valence-corrected chi connectivity index (χ1v) is 7.25. The van der Waals surface area contributed by atoms with E-state index in [-0.39, 0.29) is 17.9 Å². The van der Waals surface area contributed by atoms with E-state index < -0.39 is 0 Å². The number of methoxy groups -OCH3 is 2. The van der Waals surface area contributed by atoms with Crippen molar-refractivity contribution in [3.8, 4) is 11.5 Å². The average molecular weight is 294 g/mol. The van der Waals surface area contributed by atoms with Gasteiger partial charge >= 0.3 is 0 Å². The van der Waals surface area contributed by atoms with Crippen LogP contribution < -0.4 is 20.5 Å². The van der Waals surface area contributed by atoms with Crippen LogP contribution in [0.2, 0.25) is 0 Å². The van der Waals surface area contributed by atoms with Gasteiger partial charge in [-0.15, -0.1) is 0 Å². The Hall–Kier alpha value is -1.75. The number of carbonyl (C=O) groups excluding carboxylic acids is 1. The highest BCUT2D eigenvalue weighted by atomic mass is 16.5. The van der Waals surface area contributed by atoms with Gasteiger partial charge in [0.1, 0.15) is 0 Å². The van der Waals surface area contributed by atoms with Crippen LogP contribution in [-0.4, -0.2) is 26.7 Å². The molecule has 21 heavy (non-hydrogen) atoms. The highest BCUT2D eigenvalue weighted by Crippen LogP contribution is 2.29. The van der Waals surface area contributed by atoms with Gasteiger partial charge in [0, 0.05) is 5.92 Å². The van der Waals surface area contributed by atoms with Crippen LogP contribution in [0.4, 0.5) is 0 Å². The van der Waals surface area contributed by atoms with Crippen molar-refractivity contribution in [2.24, 2.45) is 11.7 Å². The lowest BCUT2D eigenvalue weighted by molar-refractivity contribution is -0.125. The van der Waals surface area contributed by atoms with Crippen molar-refractivity contribution in [1.29, 1.82) is 0 Å². The number of ether oxygens (including phenoxy) is 2. The lowest BCUT2D eigenvalue weighted by Gasteiger charge is -2.19. The Morgan fingerprint density at radius 2 is 1.90 bits per heavy atom. The lowest BCUT2D eigenvalue weighted by Crippen LogP contribution is -2.31. The summed E-state index contributed by atoms with van der Waals surface area (Å²) in [6.07, 6.45) is 1.67. The second kappa shape index (κ2) is 8.52. The molecular weight excluding hydrogens is 268 g/mol. The molecule has 0 aliphatic heterocycles. The fourth-order valence-corrected chi connectivity index (χ4v) is 2.12. The summed E-state index contributed by atoms with van der Waals surface area (Å²) in [4.78, 5) is 12.1. The predicted molar refractivity (Wildman–Crippen MR) is 83.6 cm³/mol. The Morgan fingerprint density at radius 1 is 1.24 bits per heavy atom. The van der Waals surface area contributed by atoms with Crippen LogP contribution in [-0.2, 0) is 4.79 Å². The molecule has 1 aromatic rings. The number of amides is 1. The second-order valence-corrected chi connectivity index (χ2v) is 5.18. The lowest BCUT2D eigenvalue weighted by atomic mass is 10.0. The zero-order valence-electron chi connectivity index (χ0n) is 13.3. The normalized spacial score (nSPS) is 13.4. The maximum atomic E-state index is 12.1. The van der Waals surface area contributed by atoms with Crippen molar-refractivity contribution in [2.45, 2.75) is 32.7 Å². The van der Waals surface area contributed by atoms with E-state index in [2.05, 4.69) is 5.32 Å². The van der Waals surface area contributed by atoms with E-state index in [4.69, 9.17) is 15.2 Å². The molecule has 0 bridgehead atoms. The van der Waals surface area contributed by atoms with Crippen LogP contribution in [0.1, 0.15) is 38.3 Å². The zero-order valence-corrected chi connectivity index (χ0v) is 13.3. The number of hydrogen-bond acceptors (Lipinski definition) is 4. The largest absolute Gasteiger partial charge is 0.493 e. The van der Waals surface area contributed by atoms with Crippen LogP contribution >= 0.6 is 0 Å². The minimum Gasteiger partial charge on any atom is -0.493 e. The van der Waals surface area contributed by atoms with Gasteiger partial charge < -0.3 is 20.5 Å². The molecule has 0 aliphatic carbocycles. The highest BCUT2D eigenvalue weighted by molar-refractivity contribution is 5.78. The molecule has 2 atom stereocenters. The van der Waals surface area contributed by atoms with Crippen LogP contribution in [0.5, 0.6) is 11.5 Å². The van der Waals surface area contributed by atoms with E-state index >= 15 is 0 Å². The summed E-state index contributed by atoms with van der Waals surface area (Å²) in [5.74, 6) is 1.35. The minimum atomic E-state index is -0.0855. The highest BCUT2D eigenvalue weighted by Gasteiger charge is 2.16. The molecule has 0 radical (unpaired) electrons. The summed E-state index contributed by atoms with van der Waals surface area (Å²) < 4.78 is 10.5. The number of benzene rings is 1. The first kappa shape index (κ1) is 17.3. The fourth-order valence-electron chi connectivity index (χ4n) is 2.12. The SMILES string of the molecule is COc1ccc(C(C)NC(=O)C(C)CCCN)cc1OC. The molecule has 1 aromatic carbocycles. The summed E-state index contributed by atoms with van der Waals surface area (Å²) in [7, 11) is 3.20. The predicted octanol–water partition coefficient (Wildman–Crippen LogP) is 2.26. The summed E-state index contributed by atoms with van der Waals surface area (Å²) in [6, 6.07) is 5.57. The maximum Gasteiger partial charge on any atom is 0.223 e. The van der Waals surface area contributed by atoms with Crippen molar-refractivity contribution in [2.75, 3.05) is 20.8 Å². The zero-order chi connectivity index (χ0) is 15.8. The Labute approximate surface area is 126 Å². The van der Waals surface area contributed by atoms with Gasteiger partial charge in [-0.05, 0) is 44.0 Å². The smallest absolute Gasteiger partial charge is 0.223 e. The fraction of sp³-hybridized carbons (Fsp3) is 0.562. The van der Waals surface area contributed by atoms with Gasteiger partial charge in [0.25, 0.3) is 0 Å². The number of nitrogens with one attached hydrogen (secondary N) is 1. The molecule has 0 saturated carbocycles. The van der Waals surface area contributed by atoms with Gasteiger partial charge in [0.2, 0.25) is 5.91 Å². The Kier molecular flexibility index (Phi) is 7.02. The molecule has 0 spiro atoms. The first-order valence-electron chi connectivity index (χ1n) is 7.25. The van der Waals surface area contributed by atoms with Gasteiger partial charge in [-0.1, -0.05) is 13.0 Å². The molecule has 0 aromatic heterocycles. The molecule has 118 valence electrons. The molecule has 0 fully saturated rings. The van der Waals surface area contributed by atoms with Crippen LogP contribution in [0.15, 0.2) is 18.2 Å². The van der Waals surface area contributed by atoms with E-state index in [1.165, 1.54) is 0 Å². The van der Waals surface area contributed by atoms with Crippen molar-refractivity contribution < 1.29 is 14.3 Å². The quantitative estimate of drug-likeness (QED) is 0.771. The Morgan fingerprint density at radius 3 is 2.48 bits per heavy atom. The van der Waals surface area contributed by atoms with Gasteiger partial charge in [-0.25, -0.2) is 0 Å². The average Bonchev–Trinajstić information content (AvgIpc) is 2.51. The van der Waals surface area contributed by atoms with Crippen LogP contribution in [0.3, 0.4) is 0 Å². The summed E-state index contributed by atoms with van der Waals surface area (Å²) in [5.41, 5.74) is 6.45.